The van der Waals surface area contributed by atoms with Crippen LogP contribution in [0.15, 0.2) is 42.7 Å². The van der Waals surface area contributed by atoms with Gasteiger partial charge in [0.15, 0.2) is 11.5 Å². The number of nitrogens with zero attached hydrogens (tertiary/aromatic N) is 4. The highest BCUT2D eigenvalue weighted by Gasteiger charge is 2.34. The number of amides is 2. The summed E-state index contributed by atoms with van der Waals surface area (Å²) >= 11 is 6.11. The highest BCUT2D eigenvalue weighted by atomic mass is 35.5. The van der Waals surface area contributed by atoms with Crippen molar-refractivity contribution in [1.29, 1.82) is 0 Å². The lowest BCUT2D eigenvalue weighted by Gasteiger charge is -2.32. The van der Waals surface area contributed by atoms with Crippen LogP contribution in [0.3, 0.4) is 0 Å². The van der Waals surface area contributed by atoms with E-state index in [1.165, 1.54) is 13.3 Å². The number of hydrogen-bond acceptors (Lipinski definition) is 6. The van der Waals surface area contributed by atoms with Crippen LogP contribution in [0.1, 0.15) is 39.0 Å². The fourth-order valence-corrected chi connectivity index (χ4v) is 4.03. The topological polar surface area (TPSA) is 98.6 Å². The largest absolute Gasteiger partial charge is 0.493 e. The van der Waals surface area contributed by atoms with Gasteiger partial charge in [-0.1, -0.05) is 11.6 Å². The molecule has 1 atom stereocenters. The molecule has 3 aromatic rings. The Labute approximate surface area is 189 Å². The van der Waals surface area contributed by atoms with E-state index in [4.69, 9.17) is 21.1 Å². The standard InChI is InChI=1S/C22H22ClN5O4/c1-27-20-15(26-21(29)19-14(23)5-4-9-24-19)8-10-28(16(20)12-25-27)22(30)13-6-7-17(31-2)18(11-13)32-3/h4-7,9,11-12,15H,8,10H2,1-3H3,(H,26,29). The first-order valence-electron chi connectivity index (χ1n) is 9.91. The number of ether oxygens (including phenoxy) is 2. The molecule has 32 heavy (non-hydrogen) atoms. The molecular formula is C22H22ClN5O4. The third-order valence-corrected chi connectivity index (χ3v) is 5.69. The van der Waals surface area contributed by atoms with Gasteiger partial charge in [0.2, 0.25) is 0 Å². The number of pyridine rings is 1. The highest BCUT2D eigenvalue weighted by molar-refractivity contribution is 6.33. The smallest absolute Gasteiger partial charge is 0.271 e. The molecule has 1 N–H and O–H groups in total. The molecule has 1 unspecified atom stereocenters. The molecular weight excluding hydrogens is 434 g/mol. The quantitative estimate of drug-likeness (QED) is 0.635. The Hall–Kier alpha value is -3.59. The van der Waals surface area contributed by atoms with Gasteiger partial charge in [-0.2, -0.15) is 5.10 Å². The zero-order valence-electron chi connectivity index (χ0n) is 17.8. The van der Waals surface area contributed by atoms with E-state index in [2.05, 4.69) is 15.4 Å². The highest BCUT2D eigenvalue weighted by Crippen LogP contribution is 2.36. The van der Waals surface area contributed by atoms with Crippen LogP contribution in [0.2, 0.25) is 5.02 Å². The van der Waals surface area contributed by atoms with Crippen LogP contribution in [-0.2, 0) is 7.05 Å². The lowest BCUT2D eigenvalue weighted by atomic mass is 10.0. The summed E-state index contributed by atoms with van der Waals surface area (Å²) in [4.78, 5) is 31.8. The van der Waals surface area contributed by atoms with Gasteiger partial charge in [-0.05, 0) is 36.8 Å². The SMILES string of the molecule is COc1ccc(C(=O)N2CCC(NC(=O)c3ncccc3Cl)c3c2cnn3C)cc1OC. The van der Waals surface area contributed by atoms with E-state index in [1.54, 1.807) is 60.3 Å². The predicted octanol–water partition coefficient (Wildman–Crippen LogP) is 3.01. The van der Waals surface area contributed by atoms with Gasteiger partial charge in [-0.3, -0.25) is 14.3 Å². The number of anilines is 1. The monoisotopic (exact) mass is 455 g/mol. The summed E-state index contributed by atoms with van der Waals surface area (Å²) < 4.78 is 12.2. The first kappa shape index (κ1) is 21.6. The predicted molar refractivity (Wildman–Crippen MR) is 119 cm³/mol. The minimum absolute atomic E-state index is 0.154. The van der Waals surface area contributed by atoms with Crippen LogP contribution in [0.25, 0.3) is 0 Å². The van der Waals surface area contributed by atoms with Crippen molar-refractivity contribution in [2.45, 2.75) is 12.5 Å². The summed E-state index contributed by atoms with van der Waals surface area (Å²) in [6.45, 7) is 0.396. The van der Waals surface area contributed by atoms with Crippen molar-refractivity contribution in [3.63, 3.8) is 0 Å². The molecule has 3 heterocycles. The third-order valence-electron chi connectivity index (χ3n) is 5.38. The van der Waals surface area contributed by atoms with Crippen molar-refractivity contribution in [2.24, 2.45) is 7.05 Å². The van der Waals surface area contributed by atoms with E-state index in [1.807, 2.05) is 0 Å². The number of rotatable bonds is 5. The number of methoxy groups -OCH3 is 2. The number of benzene rings is 1. The van der Waals surface area contributed by atoms with Crippen LogP contribution in [0, 0.1) is 0 Å². The Morgan fingerprint density at radius 2 is 1.97 bits per heavy atom. The Morgan fingerprint density at radius 3 is 2.69 bits per heavy atom. The van der Waals surface area contributed by atoms with E-state index < -0.39 is 0 Å². The van der Waals surface area contributed by atoms with E-state index in [9.17, 15) is 9.59 Å². The van der Waals surface area contributed by atoms with Crippen molar-refractivity contribution >= 4 is 29.1 Å². The number of carbonyl (C=O) groups excluding carboxylic acids is 2. The Morgan fingerprint density at radius 1 is 1.19 bits per heavy atom. The van der Waals surface area contributed by atoms with Gasteiger partial charge in [0.25, 0.3) is 11.8 Å². The Kier molecular flexibility index (Phi) is 6.00. The summed E-state index contributed by atoms with van der Waals surface area (Å²) in [5.41, 5.74) is 1.98. The Balaban J connectivity index is 1.61. The molecule has 0 bridgehead atoms. The minimum atomic E-state index is -0.382. The van der Waals surface area contributed by atoms with Crippen LogP contribution in [0.5, 0.6) is 11.5 Å². The second-order valence-electron chi connectivity index (χ2n) is 7.21. The third kappa shape index (κ3) is 3.87. The molecule has 1 aliphatic heterocycles. The van der Waals surface area contributed by atoms with Gasteiger partial charge < -0.3 is 19.7 Å². The lowest BCUT2D eigenvalue weighted by molar-refractivity contribution is 0.0926. The van der Waals surface area contributed by atoms with E-state index >= 15 is 0 Å². The summed E-state index contributed by atoms with van der Waals surface area (Å²) in [6, 6.07) is 7.96. The number of aromatic nitrogens is 3. The molecule has 2 amide bonds. The average Bonchev–Trinajstić information content (AvgIpc) is 3.20. The summed E-state index contributed by atoms with van der Waals surface area (Å²) in [5.74, 6) is 0.435. The van der Waals surface area contributed by atoms with Crippen molar-refractivity contribution in [3.05, 3.63) is 64.7 Å². The molecule has 0 aliphatic carbocycles. The van der Waals surface area contributed by atoms with Crippen LogP contribution < -0.4 is 19.7 Å². The molecule has 2 aromatic heterocycles. The number of fused-ring (bicyclic) bond motifs is 1. The maximum absolute atomic E-state index is 13.3. The molecule has 0 fully saturated rings. The maximum atomic E-state index is 13.3. The van der Waals surface area contributed by atoms with Crippen molar-refractivity contribution < 1.29 is 19.1 Å². The summed E-state index contributed by atoms with van der Waals surface area (Å²) in [7, 11) is 4.84. The second-order valence-corrected chi connectivity index (χ2v) is 7.62. The molecule has 9 nitrogen and oxygen atoms in total. The molecule has 0 radical (unpaired) electrons. The van der Waals surface area contributed by atoms with Gasteiger partial charge in [-0.25, -0.2) is 4.98 Å². The second kappa shape index (κ2) is 8.88. The van der Waals surface area contributed by atoms with E-state index in [0.29, 0.717) is 35.7 Å². The first-order chi connectivity index (χ1) is 15.4. The average molecular weight is 456 g/mol. The number of carbonyl (C=O) groups is 2. The lowest BCUT2D eigenvalue weighted by Crippen LogP contribution is -2.41. The molecule has 10 heteroatoms. The van der Waals surface area contributed by atoms with Crippen LogP contribution >= 0.6 is 11.6 Å². The van der Waals surface area contributed by atoms with Crippen LogP contribution in [-0.4, -0.2) is 47.3 Å². The van der Waals surface area contributed by atoms with Crippen molar-refractivity contribution in [2.75, 3.05) is 25.7 Å². The number of nitrogens with one attached hydrogen (secondary N) is 1. The number of aryl methyl sites for hydroxylation is 1. The maximum Gasteiger partial charge on any atom is 0.271 e. The molecule has 0 saturated carbocycles. The first-order valence-corrected chi connectivity index (χ1v) is 10.3. The van der Waals surface area contributed by atoms with Gasteiger partial charge in [0.1, 0.15) is 5.69 Å². The van der Waals surface area contributed by atoms with E-state index in [0.717, 1.165) is 5.69 Å². The van der Waals surface area contributed by atoms with Gasteiger partial charge in [-0.15, -0.1) is 0 Å². The van der Waals surface area contributed by atoms with Crippen molar-refractivity contribution in [3.8, 4) is 11.5 Å². The Bertz CT molecular complexity index is 1180. The molecule has 1 aromatic carbocycles. The summed E-state index contributed by atoms with van der Waals surface area (Å²) in [6.07, 6.45) is 3.64. The van der Waals surface area contributed by atoms with Gasteiger partial charge >= 0.3 is 0 Å². The minimum Gasteiger partial charge on any atom is -0.493 e. The van der Waals surface area contributed by atoms with E-state index in [-0.39, 0.29) is 28.6 Å². The molecule has 166 valence electrons. The fraction of sp³-hybridized carbons (Fsp3) is 0.273. The zero-order valence-corrected chi connectivity index (χ0v) is 18.6. The molecule has 0 spiro atoms. The number of hydrogen-bond donors (Lipinski definition) is 1. The van der Waals surface area contributed by atoms with Gasteiger partial charge in [0, 0.05) is 25.4 Å². The summed E-state index contributed by atoms with van der Waals surface area (Å²) in [5, 5.41) is 7.56. The number of halogens is 1. The molecule has 1 aliphatic rings. The van der Waals surface area contributed by atoms with Crippen LogP contribution in [0.4, 0.5) is 5.69 Å². The molecule has 0 saturated heterocycles. The zero-order chi connectivity index (χ0) is 22.8. The van der Waals surface area contributed by atoms with Gasteiger partial charge in [0.05, 0.1) is 42.9 Å². The molecule has 4 rings (SSSR count). The van der Waals surface area contributed by atoms with Crippen molar-refractivity contribution in [1.82, 2.24) is 20.1 Å². The fourth-order valence-electron chi connectivity index (χ4n) is 3.82. The normalized spacial score (nSPS) is 15.1.